The van der Waals surface area contributed by atoms with E-state index >= 15 is 0 Å². The lowest BCUT2D eigenvalue weighted by Gasteiger charge is -2.06. The topological polar surface area (TPSA) is 38.3 Å². The summed E-state index contributed by atoms with van der Waals surface area (Å²) in [7, 11) is 0. The van der Waals surface area contributed by atoms with Crippen LogP contribution in [-0.4, -0.2) is 12.5 Å². The third-order valence-electron chi connectivity index (χ3n) is 2.91. The van der Waals surface area contributed by atoms with Crippen molar-refractivity contribution in [3.05, 3.63) is 35.4 Å². The van der Waals surface area contributed by atoms with Crippen LogP contribution in [0.3, 0.4) is 0 Å². The highest BCUT2D eigenvalue weighted by Gasteiger charge is 2.29. The van der Waals surface area contributed by atoms with E-state index in [1.54, 1.807) is 0 Å². The molecule has 1 aliphatic rings. The van der Waals surface area contributed by atoms with Crippen LogP contribution in [0.4, 0.5) is 0 Å². The average Bonchev–Trinajstić information content (AvgIpc) is 3.19. The molecule has 2 rings (SSSR count). The zero-order valence-corrected chi connectivity index (χ0v) is 10.2. The molecule has 0 atom stereocenters. The van der Waals surface area contributed by atoms with E-state index in [1.165, 1.54) is 5.56 Å². The first-order valence-corrected chi connectivity index (χ1v) is 6.23. The number of hydrogen-bond acceptors (Lipinski definition) is 2. The normalized spacial score (nSPS) is 14.6. The van der Waals surface area contributed by atoms with Crippen molar-refractivity contribution in [1.82, 2.24) is 5.32 Å². The highest BCUT2D eigenvalue weighted by Crippen LogP contribution is 2.28. The maximum Gasteiger partial charge on any atom is 0.223 e. The van der Waals surface area contributed by atoms with Gasteiger partial charge in [0.2, 0.25) is 5.91 Å². The van der Waals surface area contributed by atoms with Gasteiger partial charge in [0.05, 0.1) is 6.61 Å². The van der Waals surface area contributed by atoms with Gasteiger partial charge < -0.3 is 10.1 Å². The highest BCUT2D eigenvalue weighted by molar-refractivity contribution is 5.80. The molecule has 1 amide bonds. The van der Waals surface area contributed by atoms with Gasteiger partial charge >= 0.3 is 0 Å². The van der Waals surface area contributed by atoms with E-state index in [-0.39, 0.29) is 11.8 Å². The van der Waals surface area contributed by atoms with Crippen molar-refractivity contribution in [2.75, 3.05) is 6.61 Å². The zero-order valence-electron chi connectivity index (χ0n) is 10.2. The van der Waals surface area contributed by atoms with E-state index in [4.69, 9.17) is 4.74 Å². The molecule has 1 fully saturated rings. The lowest BCUT2D eigenvalue weighted by atomic mass is 10.1. The molecule has 17 heavy (non-hydrogen) atoms. The maximum absolute atomic E-state index is 11.5. The fourth-order valence-corrected chi connectivity index (χ4v) is 1.65. The van der Waals surface area contributed by atoms with Gasteiger partial charge in [0.15, 0.2) is 0 Å². The first kappa shape index (κ1) is 12.1. The Labute approximate surface area is 102 Å². The molecule has 1 saturated carbocycles. The molecule has 0 saturated heterocycles. The smallest absolute Gasteiger partial charge is 0.223 e. The number of nitrogens with one attached hydrogen (secondary N) is 1. The molecule has 0 radical (unpaired) electrons. The van der Waals surface area contributed by atoms with Crippen molar-refractivity contribution in [2.24, 2.45) is 5.92 Å². The molecular formula is C14H19NO2. The first-order chi connectivity index (χ1) is 8.29. The van der Waals surface area contributed by atoms with Crippen LogP contribution >= 0.6 is 0 Å². The van der Waals surface area contributed by atoms with Crippen molar-refractivity contribution in [1.29, 1.82) is 0 Å². The summed E-state index contributed by atoms with van der Waals surface area (Å²) in [5.74, 6) is 0.482. The van der Waals surface area contributed by atoms with Gasteiger partial charge in [-0.2, -0.15) is 0 Å². The SMILES string of the molecule is CCOCc1ccc(CNC(=O)C2CC2)cc1. The second-order valence-electron chi connectivity index (χ2n) is 4.45. The van der Waals surface area contributed by atoms with E-state index in [2.05, 4.69) is 5.32 Å². The summed E-state index contributed by atoms with van der Waals surface area (Å²) in [5, 5.41) is 2.95. The molecular weight excluding hydrogens is 214 g/mol. The van der Waals surface area contributed by atoms with Crippen LogP contribution in [0.15, 0.2) is 24.3 Å². The van der Waals surface area contributed by atoms with Crippen LogP contribution in [0, 0.1) is 5.92 Å². The summed E-state index contributed by atoms with van der Waals surface area (Å²) in [6.45, 7) is 4.01. The lowest BCUT2D eigenvalue weighted by Crippen LogP contribution is -2.24. The van der Waals surface area contributed by atoms with Gasteiger partial charge in [0.1, 0.15) is 0 Å². The minimum absolute atomic E-state index is 0.198. The Morgan fingerprint density at radius 3 is 2.53 bits per heavy atom. The van der Waals surface area contributed by atoms with Crippen LogP contribution < -0.4 is 5.32 Å². The summed E-state index contributed by atoms with van der Waals surface area (Å²) in [5.41, 5.74) is 2.31. The Kier molecular flexibility index (Phi) is 4.15. The first-order valence-electron chi connectivity index (χ1n) is 6.23. The monoisotopic (exact) mass is 233 g/mol. The van der Waals surface area contributed by atoms with Crippen LogP contribution in [0.2, 0.25) is 0 Å². The summed E-state index contributed by atoms with van der Waals surface area (Å²) in [6.07, 6.45) is 2.11. The number of benzene rings is 1. The summed E-state index contributed by atoms with van der Waals surface area (Å²) in [4.78, 5) is 11.5. The van der Waals surface area contributed by atoms with Gasteiger partial charge in [0.25, 0.3) is 0 Å². The Hall–Kier alpha value is -1.35. The molecule has 0 aliphatic heterocycles. The summed E-state index contributed by atoms with van der Waals surface area (Å²) in [6, 6.07) is 8.19. The number of ether oxygens (including phenoxy) is 1. The largest absolute Gasteiger partial charge is 0.377 e. The Bertz CT molecular complexity index is 368. The summed E-state index contributed by atoms with van der Waals surface area (Å²) < 4.78 is 5.33. The van der Waals surface area contributed by atoms with E-state index in [0.717, 1.165) is 25.0 Å². The predicted octanol–water partition coefficient (Wildman–Crippen LogP) is 2.25. The predicted molar refractivity (Wildman–Crippen MR) is 66.3 cm³/mol. The second-order valence-corrected chi connectivity index (χ2v) is 4.45. The lowest BCUT2D eigenvalue weighted by molar-refractivity contribution is -0.122. The Morgan fingerprint density at radius 1 is 1.29 bits per heavy atom. The third-order valence-corrected chi connectivity index (χ3v) is 2.91. The molecule has 0 spiro atoms. The van der Waals surface area contributed by atoms with Crippen molar-refractivity contribution >= 4 is 5.91 Å². The molecule has 1 aliphatic carbocycles. The van der Waals surface area contributed by atoms with Crippen LogP contribution in [0.1, 0.15) is 30.9 Å². The highest BCUT2D eigenvalue weighted by atomic mass is 16.5. The Balaban J connectivity index is 1.78. The van der Waals surface area contributed by atoms with Crippen LogP contribution in [0.5, 0.6) is 0 Å². The molecule has 1 N–H and O–H groups in total. The van der Waals surface area contributed by atoms with Crippen molar-refractivity contribution < 1.29 is 9.53 Å². The van der Waals surface area contributed by atoms with Crippen molar-refractivity contribution in [2.45, 2.75) is 32.9 Å². The van der Waals surface area contributed by atoms with Gasteiger partial charge in [-0.05, 0) is 30.9 Å². The molecule has 1 aromatic rings. The molecule has 0 bridgehead atoms. The molecule has 3 heteroatoms. The number of carbonyl (C=O) groups is 1. The Morgan fingerprint density at radius 2 is 1.94 bits per heavy atom. The van der Waals surface area contributed by atoms with Crippen molar-refractivity contribution in [3.63, 3.8) is 0 Å². The summed E-state index contributed by atoms with van der Waals surface area (Å²) >= 11 is 0. The molecule has 1 aromatic carbocycles. The van der Waals surface area contributed by atoms with Gasteiger partial charge in [-0.15, -0.1) is 0 Å². The number of hydrogen-bond donors (Lipinski definition) is 1. The maximum atomic E-state index is 11.5. The fourth-order valence-electron chi connectivity index (χ4n) is 1.65. The number of rotatable bonds is 6. The molecule has 0 unspecified atom stereocenters. The minimum Gasteiger partial charge on any atom is -0.377 e. The molecule has 0 heterocycles. The molecule has 0 aromatic heterocycles. The van der Waals surface area contributed by atoms with Gasteiger partial charge in [-0.1, -0.05) is 24.3 Å². The van der Waals surface area contributed by atoms with E-state index in [9.17, 15) is 4.79 Å². The zero-order chi connectivity index (χ0) is 12.1. The fraction of sp³-hybridized carbons (Fsp3) is 0.500. The standard InChI is InChI=1S/C14H19NO2/c1-2-17-10-12-5-3-11(4-6-12)9-15-14(16)13-7-8-13/h3-6,13H,2,7-10H2,1H3,(H,15,16). The van der Waals surface area contributed by atoms with E-state index in [0.29, 0.717) is 13.2 Å². The van der Waals surface area contributed by atoms with E-state index < -0.39 is 0 Å². The average molecular weight is 233 g/mol. The van der Waals surface area contributed by atoms with E-state index in [1.807, 2.05) is 31.2 Å². The number of carbonyl (C=O) groups excluding carboxylic acids is 1. The minimum atomic E-state index is 0.198. The third kappa shape index (κ3) is 3.86. The number of amides is 1. The van der Waals surface area contributed by atoms with Gasteiger partial charge in [-0.3, -0.25) is 4.79 Å². The van der Waals surface area contributed by atoms with Gasteiger partial charge in [-0.25, -0.2) is 0 Å². The van der Waals surface area contributed by atoms with Crippen LogP contribution in [-0.2, 0) is 22.7 Å². The second kappa shape index (κ2) is 5.82. The quantitative estimate of drug-likeness (QED) is 0.818. The molecule has 3 nitrogen and oxygen atoms in total. The molecule has 92 valence electrons. The van der Waals surface area contributed by atoms with Crippen molar-refractivity contribution in [3.8, 4) is 0 Å². The van der Waals surface area contributed by atoms with Crippen LogP contribution in [0.25, 0.3) is 0 Å². The van der Waals surface area contributed by atoms with Gasteiger partial charge in [0, 0.05) is 19.1 Å².